The normalized spacial score (nSPS) is 32.3. The molecule has 0 radical (unpaired) electrons. The van der Waals surface area contributed by atoms with Crippen LogP contribution in [0.2, 0.25) is 0 Å². The van der Waals surface area contributed by atoms with Crippen molar-refractivity contribution in [3.05, 3.63) is 0 Å². The highest BCUT2D eigenvalue weighted by molar-refractivity contribution is 6.01. The third-order valence-electron chi connectivity index (χ3n) is 3.95. The first-order valence-corrected chi connectivity index (χ1v) is 6.83. The van der Waals surface area contributed by atoms with E-state index in [4.69, 9.17) is 0 Å². The number of rotatable bonds is 2. The van der Waals surface area contributed by atoms with Crippen LogP contribution in [0.15, 0.2) is 0 Å². The summed E-state index contributed by atoms with van der Waals surface area (Å²) in [7, 11) is 1.46. The van der Waals surface area contributed by atoms with Gasteiger partial charge in [-0.2, -0.15) is 0 Å². The van der Waals surface area contributed by atoms with E-state index in [2.05, 4.69) is 17.6 Å². The van der Waals surface area contributed by atoms with Gasteiger partial charge in [0.25, 0.3) is 5.91 Å². The zero-order valence-electron chi connectivity index (χ0n) is 11.4. The summed E-state index contributed by atoms with van der Waals surface area (Å²) in [4.78, 5) is 36.5. The number of hydrogen-bond acceptors (Lipinski definition) is 4. The lowest BCUT2D eigenvalue weighted by atomic mass is 9.93. The molecule has 6 heteroatoms. The molecule has 19 heavy (non-hydrogen) atoms. The highest BCUT2D eigenvalue weighted by Crippen LogP contribution is 2.16. The summed E-state index contributed by atoms with van der Waals surface area (Å²) < 4.78 is 0. The molecule has 2 N–H and O–H groups in total. The quantitative estimate of drug-likeness (QED) is 0.670. The Morgan fingerprint density at radius 3 is 2.79 bits per heavy atom. The largest absolute Gasteiger partial charge is 0.343 e. The molecule has 3 unspecified atom stereocenters. The molecule has 2 rings (SSSR count). The number of piperidine rings is 2. The van der Waals surface area contributed by atoms with Crippen molar-refractivity contribution in [1.82, 2.24) is 15.5 Å². The molecule has 2 aliphatic heterocycles. The molecular weight excluding hydrogens is 246 g/mol. The molecule has 2 heterocycles. The van der Waals surface area contributed by atoms with Gasteiger partial charge in [-0.05, 0) is 31.7 Å². The second-order valence-electron chi connectivity index (χ2n) is 5.53. The maximum atomic E-state index is 12.1. The van der Waals surface area contributed by atoms with Crippen LogP contribution < -0.4 is 10.6 Å². The Morgan fingerprint density at radius 1 is 1.37 bits per heavy atom. The number of amides is 3. The summed E-state index contributed by atoms with van der Waals surface area (Å²) in [6.07, 6.45) is 2.57. The first-order valence-electron chi connectivity index (χ1n) is 6.83. The Hall–Kier alpha value is -1.43. The summed E-state index contributed by atoms with van der Waals surface area (Å²) in [5, 5.41) is 5.93. The second kappa shape index (κ2) is 5.69. The summed E-state index contributed by atoms with van der Waals surface area (Å²) in [6, 6.07) is -0.784. The summed E-state index contributed by atoms with van der Waals surface area (Å²) >= 11 is 0. The van der Waals surface area contributed by atoms with Crippen molar-refractivity contribution < 1.29 is 14.4 Å². The monoisotopic (exact) mass is 267 g/mol. The predicted molar refractivity (Wildman–Crippen MR) is 69.1 cm³/mol. The van der Waals surface area contributed by atoms with Gasteiger partial charge in [0.05, 0.1) is 6.04 Å². The average molecular weight is 267 g/mol. The number of imide groups is 1. The molecule has 0 saturated carbocycles. The Labute approximate surface area is 112 Å². The van der Waals surface area contributed by atoms with Crippen LogP contribution in [0.1, 0.15) is 32.6 Å². The molecule has 0 spiro atoms. The van der Waals surface area contributed by atoms with Gasteiger partial charge in [-0.1, -0.05) is 6.92 Å². The second-order valence-corrected chi connectivity index (χ2v) is 5.53. The van der Waals surface area contributed by atoms with Gasteiger partial charge in [0.2, 0.25) is 11.8 Å². The van der Waals surface area contributed by atoms with E-state index in [0.717, 1.165) is 24.3 Å². The average Bonchev–Trinajstić information content (AvgIpc) is 2.39. The lowest BCUT2D eigenvalue weighted by Crippen LogP contribution is -2.57. The topological polar surface area (TPSA) is 78.5 Å². The van der Waals surface area contributed by atoms with Gasteiger partial charge >= 0.3 is 0 Å². The van der Waals surface area contributed by atoms with Crippen molar-refractivity contribution in [1.29, 1.82) is 0 Å². The van der Waals surface area contributed by atoms with Crippen LogP contribution in [0, 0.1) is 5.92 Å². The van der Waals surface area contributed by atoms with Crippen LogP contribution >= 0.6 is 0 Å². The molecule has 0 aromatic heterocycles. The third-order valence-corrected chi connectivity index (χ3v) is 3.95. The fraction of sp³-hybridized carbons (Fsp3) is 0.769. The van der Waals surface area contributed by atoms with E-state index < -0.39 is 6.04 Å². The van der Waals surface area contributed by atoms with Crippen molar-refractivity contribution in [3.8, 4) is 0 Å². The van der Waals surface area contributed by atoms with E-state index in [1.807, 2.05) is 0 Å². The Morgan fingerprint density at radius 2 is 2.11 bits per heavy atom. The van der Waals surface area contributed by atoms with E-state index in [0.29, 0.717) is 18.8 Å². The van der Waals surface area contributed by atoms with Gasteiger partial charge in [0.15, 0.2) is 0 Å². The van der Waals surface area contributed by atoms with Gasteiger partial charge in [0, 0.05) is 13.5 Å². The molecule has 3 amide bonds. The van der Waals surface area contributed by atoms with E-state index in [-0.39, 0.29) is 23.8 Å². The highest BCUT2D eigenvalue weighted by Gasteiger charge is 2.34. The number of likely N-dealkylation sites (tertiary alicyclic amines) is 1. The number of carbonyl (C=O) groups is 3. The highest BCUT2D eigenvalue weighted by atomic mass is 16.2. The number of hydrogen-bond donors (Lipinski definition) is 2. The molecule has 2 fully saturated rings. The zero-order valence-corrected chi connectivity index (χ0v) is 11.4. The van der Waals surface area contributed by atoms with E-state index in [9.17, 15) is 14.4 Å². The fourth-order valence-electron chi connectivity index (χ4n) is 2.63. The predicted octanol–water partition coefficient (Wildman–Crippen LogP) is -0.362. The SMILES string of the molecule is CC1CCNC(C(=O)NC2CCC(=O)N(C)C2=O)C1. The maximum absolute atomic E-state index is 12.1. The molecular formula is C13H21N3O3. The lowest BCUT2D eigenvalue weighted by molar-refractivity contribution is -0.149. The lowest BCUT2D eigenvalue weighted by Gasteiger charge is -2.31. The van der Waals surface area contributed by atoms with Gasteiger partial charge in [-0.3, -0.25) is 19.3 Å². The third kappa shape index (κ3) is 3.12. The van der Waals surface area contributed by atoms with Gasteiger partial charge in [0.1, 0.15) is 6.04 Å². The first-order chi connectivity index (χ1) is 8.99. The number of nitrogens with zero attached hydrogens (tertiary/aromatic N) is 1. The minimum atomic E-state index is -0.561. The van der Waals surface area contributed by atoms with Crippen molar-refractivity contribution in [2.45, 2.75) is 44.7 Å². The van der Waals surface area contributed by atoms with E-state index in [1.165, 1.54) is 7.05 Å². The van der Waals surface area contributed by atoms with Gasteiger partial charge in [-0.25, -0.2) is 0 Å². The van der Waals surface area contributed by atoms with Crippen molar-refractivity contribution in [2.75, 3.05) is 13.6 Å². The number of likely N-dealkylation sites (N-methyl/N-ethyl adjacent to an activating group) is 1. The molecule has 3 atom stereocenters. The zero-order chi connectivity index (χ0) is 14.0. The van der Waals surface area contributed by atoms with Crippen molar-refractivity contribution in [3.63, 3.8) is 0 Å². The minimum absolute atomic E-state index is 0.132. The van der Waals surface area contributed by atoms with Crippen LogP contribution in [0.4, 0.5) is 0 Å². The Bertz CT molecular complexity index is 397. The number of nitrogens with one attached hydrogen (secondary N) is 2. The molecule has 0 aromatic rings. The first kappa shape index (κ1) is 14.0. The van der Waals surface area contributed by atoms with Crippen LogP contribution in [-0.4, -0.2) is 48.3 Å². The van der Waals surface area contributed by atoms with Crippen molar-refractivity contribution in [2.24, 2.45) is 5.92 Å². The van der Waals surface area contributed by atoms with Gasteiger partial charge in [-0.15, -0.1) is 0 Å². The summed E-state index contributed by atoms with van der Waals surface area (Å²) in [5.41, 5.74) is 0. The van der Waals surface area contributed by atoms with Crippen LogP contribution in [0.3, 0.4) is 0 Å². The van der Waals surface area contributed by atoms with Gasteiger partial charge < -0.3 is 10.6 Å². The Balaban J connectivity index is 1.91. The standard InChI is InChI=1S/C13H21N3O3/c1-8-5-6-14-10(7-8)12(18)15-9-3-4-11(17)16(2)13(9)19/h8-10,14H,3-7H2,1-2H3,(H,15,18). The molecule has 0 bridgehead atoms. The summed E-state index contributed by atoms with van der Waals surface area (Å²) in [5.74, 6) is -0.107. The molecule has 2 saturated heterocycles. The molecule has 6 nitrogen and oxygen atoms in total. The maximum Gasteiger partial charge on any atom is 0.251 e. The molecule has 2 aliphatic rings. The van der Waals surface area contributed by atoms with E-state index >= 15 is 0 Å². The van der Waals surface area contributed by atoms with Crippen LogP contribution in [-0.2, 0) is 14.4 Å². The smallest absolute Gasteiger partial charge is 0.251 e. The Kier molecular flexibility index (Phi) is 4.19. The van der Waals surface area contributed by atoms with Crippen LogP contribution in [0.5, 0.6) is 0 Å². The molecule has 106 valence electrons. The van der Waals surface area contributed by atoms with E-state index in [1.54, 1.807) is 0 Å². The minimum Gasteiger partial charge on any atom is -0.343 e. The fourth-order valence-corrected chi connectivity index (χ4v) is 2.63. The summed E-state index contributed by atoms with van der Waals surface area (Å²) in [6.45, 7) is 2.95. The number of carbonyl (C=O) groups excluding carboxylic acids is 3. The van der Waals surface area contributed by atoms with Crippen molar-refractivity contribution >= 4 is 17.7 Å². The molecule has 0 aliphatic carbocycles. The molecule has 0 aromatic carbocycles. The van der Waals surface area contributed by atoms with Crippen LogP contribution in [0.25, 0.3) is 0 Å².